The molecule has 0 N–H and O–H groups in total. The summed E-state index contributed by atoms with van der Waals surface area (Å²) in [5, 5.41) is 1.58. The van der Waals surface area contributed by atoms with Crippen LogP contribution in [0.1, 0.15) is 5.56 Å². The van der Waals surface area contributed by atoms with Crippen molar-refractivity contribution < 1.29 is 0 Å². The molecule has 1 heterocycles. The Morgan fingerprint density at radius 3 is 2.38 bits per heavy atom. The van der Waals surface area contributed by atoms with Gasteiger partial charge in [-0.25, -0.2) is 0 Å². The van der Waals surface area contributed by atoms with Crippen LogP contribution >= 0.6 is 48.6 Å². The molecule has 0 aliphatic heterocycles. The summed E-state index contributed by atoms with van der Waals surface area (Å²) >= 11 is 1.66. The van der Waals surface area contributed by atoms with Gasteiger partial charge in [0.05, 0.1) is 12.9 Å². The molecule has 0 radical (unpaired) electrons. The minimum absolute atomic E-state index is 0. The molecule has 0 fully saturated rings. The summed E-state index contributed by atoms with van der Waals surface area (Å²) in [4.78, 5) is 18.9. The van der Waals surface area contributed by atoms with Crippen molar-refractivity contribution >= 4 is 75.1 Å². The lowest BCUT2D eigenvalue weighted by molar-refractivity contribution is 0.638. The number of benzene rings is 2. The van der Waals surface area contributed by atoms with E-state index >= 15 is 0 Å². The summed E-state index contributed by atoms with van der Waals surface area (Å²) in [6, 6.07) is 13.7. The van der Waals surface area contributed by atoms with E-state index in [0.29, 0.717) is 6.54 Å². The van der Waals surface area contributed by atoms with E-state index in [1.807, 2.05) is 61.5 Å². The van der Waals surface area contributed by atoms with Crippen molar-refractivity contribution in [1.82, 2.24) is 4.90 Å². The average molecular weight is 406 g/mol. The van der Waals surface area contributed by atoms with Crippen LogP contribution in [0.25, 0.3) is 20.2 Å². The van der Waals surface area contributed by atoms with E-state index in [4.69, 9.17) is 0 Å². The Morgan fingerprint density at radius 1 is 1.00 bits per heavy atom. The second kappa shape index (κ2) is 9.84. The number of nitrogens with zero attached hydrogens (tertiary/aromatic N) is 2. The maximum atomic E-state index is 12.6. The van der Waals surface area contributed by atoms with Gasteiger partial charge in [0.2, 0.25) is 0 Å². The first-order valence-electron chi connectivity index (χ1n) is 6.76. The zero-order valence-electron chi connectivity index (χ0n) is 13.3. The lowest BCUT2D eigenvalue weighted by atomic mass is 10.1. The average Bonchev–Trinajstić information content (AvgIpc) is 2.48. The quantitative estimate of drug-likeness (QED) is 0.357. The molecule has 0 bridgehead atoms. The molecule has 2 aromatic carbocycles. The molecular formula is C17H19Cl3N2OS. The number of halogens is 3. The maximum absolute atomic E-state index is 12.6. The van der Waals surface area contributed by atoms with Crippen LogP contribution < -0.4 is 5.43 Å². The summed E-state index contributed by atoms with van der Waals surface area (Å²) in [7, 11) is 3.89. The SMILES string of the molecule is CN(C)C=NCc1cccc2c(=O)c3ccccc3sc12.Cl.Cl.Cl. The molecule has 0 amide bonds. The number of aliphatic imine (C=N–C) groups is 1. The van der Waals surface area contributed by atoms with Gasteiger partial charge in [0, 0.05) is 34.3 Å². The zero-order valence-corrected chi connectivity index (χ0v) is 16.5. The second-order valence-electron chi connectivity index (χ2n) is 5.14. The Labute approximate surface area is 163 Å². The van der Waals surface area contributed by atoms with Crippen molar-refractivity contribution in [3.05, 3.63) is 58.3 Å². The van der Waals surface area contributed by atoms with E-state index in [0.717, 1.165) is 25.7 Å². The van der Waals surface area contributed by atoms with Gasteiger partial charge >= 0.3 is 0 Å². The molecule has 0 aliphatic rings. The summed E-state index contributed by atoms with van der Waals surface area (Å²) in [5.74, 6) is 0. The third-order valence-electron chi connectivity index (χ3n) is 3.26. The lowest BCUT2D eigenvalue weighted by Crippen LogP contribution is -2.07. The molecule has 0 aliphatic carbocycles. The Kier molecular flexibility index (Phi) is 9.30. The highest BCUT2D eigenvalue weighted by atomic mass is 35.5. The molecule has 24 heavy (non-hydrogen) atoms. The predicted molar refractivity (Wildman–Crippen MR) is 113 cm³/mol. The van der Waals surface area contributed by atoms with E-state index in [-0.39, 0.29) is 42.6 Å². The monoisotopic (exact) mass is 404 g/mol. The van der Waals surface area contributed by atoms with E-state index in [9.17, 15) is 4.79 Å². The Hall–Kier alpha value is -1.33. The molecule has 0 spiro atoms. The van der Waals surface area contributed by atoms with Gasteiger partial charge < -0.3 is 4.90 Å². The van der Waals surface area contributed by atoms with Crippen LogP contribution in [0.5, 0.6) is 0 Å². The van der Waals surface area contributed by atoms with Crippen molar-refractivity contribution in [2.24, 2.45) is 4.99 Å². The summed E-state index contributed by atoms with van der Waals surface area (Å²) in [5.41, 5.74) is 1.20. The largest absolute Gasteiger partial charge is 0.369 e. The molecule has 0 unspecified atom stereocenters. The highest BCUT2D eigenvalue weighted by molar-refractivity contribution is 7.24. The molecule has 3 nitrogen and oxygen atoms in total. The first-order valence-corrected chi connectivity index (χ1v) is 7.58. The van der Waals surface area contributed by atoms with E-state index in [1.165, 1.54) is 0 Å². The van der Waals surface area contributed by atoms with E-state index in [1.54, 1.807) is 17.7 Å². The molecule has 3 aromatic rings. The molecule has 1 aromatic heterocycles. The van der Waals surface area contributed by atoms with Crippen molar-refractivity contribution in [2.75, 3.05) is 14.1 Å². The zero-order chi connectivity index (χ0) is 14.8. The fourth-order valence-electron chi connectivity index (χ4n) is 2.31. The maximum Gasteiger partial charge on any atom is 0.195 e. The standard InChI is InChI=1S/C17H16N2OS.3ClH/c1-19(2)11-18-10-12-6-5-8-14-16(20)13-7-3-4-9-15(13)21-17(12)14;;;/h3-9,11H,10H2,1-2H3;3*1H. The normalized spacial score (nSPS) is 10.1. The van der Waals surface area contributed by atoms with E-state index in [2.05, 4.69) is 4.99 Å². The smallest absolute Gasteiger partial charge is 0.195 e. The molecule has 0 saturated carbocycles. The summed E-state index contributed by atoms with van der Waals surface area (Å²) in [6.07, 6.45) is 1.79. The van der Waals surface area contributed by atoms with Gasteiger partial charge in [-0.3, -0.25) is 9.79 Å². The fourth-order valence-corrected chi connectivity index (χ4v) is 3.48. The van der Waals surface area contributed by atoms with Crippen LogP contribution in [0.15, 0.2) is 52.3 Å². The van der Waals surface area contributed by atoms with Crippen LogP contribution in [0.2, 0.25) is 0 Å². The second-order valence-corrected chi connectivity index (χ2v) is 6.19. The number of rotatable bonds is 3. The highest BCUT2D eigenvalue weighted by Gasteiger charge is 2.08. The Bertz CT molecular complexity index is 894. The highest BCUT2D eigenvalue weighted by Crippen LogP contribution is 2.27. The Morgan fingerprint density at radius 2 is 1.67 bits per heavy atom. The number of hydrogen-bond acceptors (Lipinski definition) is 3. The van der Waals surface area contributed by atoms with Gasteiger partial charge in [0.1, 0.15) is 0 Å². The summed E-state index contributed by atoms with van der Waals surface area (Å²) in [6.45, 7) is 0.587. The molecule has 0 saturated heterocycles. The minimum Gasteiger partial charge on any atom is -0.369 e. The number of fused-ring (bicyclic) bond motifs is 2. The predicted octanol–water partition coefficient (Wildman–Crippen LogP) is 4.77. The van der Waals surface area contributed by atoms with Gasteiger partial charge in [-0.15, -0.1) is 48.6 Å². The van der Waals surface area contributed by atoms with Gasteiger partial charge in [-0.05, 0) is 23.8 Å². The topological polar surface area (TPSA) is 32.7 Å². The van der Waals surface area contributed by atoms with Gasteiger partial charge in [-0.1, -0.05) is 24.3 Å². The van der Waals surface area contributed by atoms with Gasteiger partial charge in [-0.2, -0.15) is 0 Å². The van der Waals surface area contributed by atoms with Crippen molar-refractivity contribution in [1.29, 1.82) is 0 Å². The fraction of sp³-hybridized carbons (Fsp3) is 0.176. The van der Waals surface area contributed by atoms with Gasteiger partial charge in [0.25, 0.3) is 0 Å². The summed E-state index contributed by atoms with van der Waals surface area (Å²) < 4.78 is 2.07. The van der Waals surface area contributed by atoms with Crippen molar-refractivity contribution in [3.63, 3.8) is 0 Å². The first-order chi connectivity index (χ1) is 10.2. The Balaban J connectivity index is 0.00000176. The van der Waals surface area contributed by atoms with Crippen molar-refractivity contribution in [2.45, 2.75) is 6.54 Å². The molecule has 0 atom stereocenters. The molecule has 7 heteroatoms. The van der Waals surface area contributed by atoms with E-state index < -0.39 is 0 Å². The molecule has 3 rings (SSSR count). The van der Waals surface area contributed by atoms with Crippen molar-refractivity contribution in [3.8, 4) is 0 Å². The minimum atomic E-state index is 0. The van der Waals surface area contributed by atoms with Gasteiger partial charge in [0.15, 0.2) is 5.43 Å². The first kappa shape index (κ1) is 22.7. The van der Waals surface area contributed by atoms with Crippen LogP contribution in [-0.4, -0.2) is 25.3 Å². The lowest BCUT2D eigenvalue weighted by Gasteiger charge is -2.06. The van der Waals surface area contributed by atoms with Crippen LogP contribution in [0.3, 0.4) is 0 Å². The van der Waals surface area contributed by atoms with Crippen LogP contribution in [0, 0.1) is 0 Å². The molecular weight excluding hydrogens is 387 g/mol. The van der Waals surface area contributed by atoms with Crippen LogP contribution in [0.4, 0.5) is 0 Å². The third-order valence-corrected chi connectivity index (χ3v) is 4.52. The van der Waals surface area contributed by atoms with Crippen LogP contribution in [-0.2, 0) is 6.54 Å². The molecule has 130 valence electrons. The number of hydrogen-bond donors (Lipinski definition) is 0. The third kappa shape index (κ3) is 4.61.